The molecule has 0 aromatic heterocycles. The van der Waals surface area contributed by atoms with Crippen LogP contribution in [0.4, 0.5) is 0 Å². The fourth-order valence-electron chi connectivity index (χ4n) is 1.11. The van der Waals surface area contributed by atoms with Crippen LogP contribution in [0.3, 0.4) is 0 Å². The fourth-order valence-corrected chi connectivity index (χ4v) is 2.92. The summed E-state index contributed by atoms with van der Waals surface area (Å²) in [7, 11) is -3.64. The Hall–Kier alpha value is -0.330. The van der Waals surface area contributed by atoms with E-state index in [-0.39, 0.29) is 16.5 Å². The van der Waals surface area contributed by atoms with E-state index in [1.807, 2.05) is 0 Å². The molecule has 7 heteroatoms. The molecule has 1 aromatic carbocycles. The van der Waals surface area contributed by atoms with Crippen LogP contribution in [0.25, 0.3) is 0 Å². The van der Waals surface area contributed by atoms with Crippen LogP contribution >= 0.6 is 23.2 Å². The van der Waals surface area contributed by atoms with Gasteiger partial charge in [-0.15, -0.1) is 0 Å². The van der Waals surface area contributed by atoms with E-state index < -0.39 is 15.6 Å². The molecule has 3 N–H and O–H groups in total. The highest BCUT2D eigenvalue weighted by Crippen LogP contribution is 2.25. The number of hydrogen-bond donors (Lipinski definition) is 2. The minimum absolute atomic E-state index is 0.0634. The average Bonchev–Trinajstić information content (AvgIpc) is 2.20. The first-order chi connectivity index (χ1) is 7.68. The summed E-state index contributed by atoms with van der Waals surface area (Å²) in [6, 6.07) is 4.13. The molecule has 0 heterocycles. The lowest BCUT2D eigenvalue weighted by molar-refractivity contribution is 0.462. The largest absolute Gasteiger partial charge is 0.329 e. The first-order valence-electron chi connectivity index (χ1n) is 4.87. The van der Waals surface area contributed by atoms with Gasteiger partial charge in [-0.3, -0.25) is 0 Å². The SMILES string of the molecule is CC(C)(CN)NS(=O)(=O)c1ccc(Cl)c(Cl)c1. The van der Waals surface area contributed by atoms with Crippen molar-refractivity contribution in [1.82, 2.24) is 4.72 Å². The van der Waals surface area contributed by atoms with Crippen molar-refractivity contribution in [3.63, 3.8) is 0 Å². The van der Waals surface area contributed by atoms with Crippen LogP contribution in [0.5, 0.6) is 0 Å². The van der Waals surface area contributed by atoms with E-state index in [1.165, 1.54) is 18.2 Å². The lowest BCUT2D eigenvalue weighted by atomic mass is 10.1. The van der Waals surface area contributed by atoms with E-state index in [2.05, 4.69) is 4.72 Å². The maximum absolute atomic E-state index is 12.0. The van der Waals surface area contributed by atoms with Gasteiger partial charge in [-0.1, -0.05) is 23.2 Å². The predicted octanol–water partition coefficient (Wildman–Crippen LogP) is 2.01. The number of hydrogen-bond acceptors (Lipinski definition) is 3. The van der Waals surface area contributed by atoms with Gasteiger partial charge in [0.05, 0.1) is 14.9 Å². The number of sulfonamides is 1. The number of nitrogens with two attached hydrogens (primary N) is 1. The van der Waals surface area contributed by atoms with Crippen molar-refractivity contribution in [1.29, 1.82) is 0 Å². The molecule has 0 radical (unpaired) electrons. The van der Waals surface area contributed by atoms with Crippen molar-refractivity contribution in [2.45, 2.75) is 24.3 Å². The van der Waals surface area contributed by atoms with E-state index >= 15 is 0 Å². The van der Waals surface area contributed by atoms with Gasteiger partial charge >= 0.3 is 0 Å². The van der Waals surface area contributed by atoms with Crippen molar-refractivity contribution >= 4 is 33.2 Å². The van der Waals surface area contributed by atoms with Crippen molar-refractivity contribution in [2.24, 2.45) is 5.73 Å². The maximum Gasteiger partial charge on any atom is 0.241 e. The van der Waals surface area contributed by atoms with E-state index in [1.54, 1.807) is 13.8 Å². The summed E-state index contributed by atoms with van der Waals surface area (Å²) < 4.78 is 26.5. The van der Waals surface area contributed by atoms with E-state index in [0.29, 0.717) is 5.02 Å². The van der Waals surface area contributed by atoms with Gasteiger partial charge in [0, 0.05) is 12.1 Å². The zero-order valence-electron chi connectivity index (χ0n) is 9.50. The molecule has 0 saturated carbocycles. The Bertz CT molecular complexity index is 515. The summed E-state index contributed by atoms with van der Waals surface area (Å²) >= 11 is 11.5. The predicted molar refractivity (Wildman–Crippen MR) is 69.9 cm³/mol. The summed E-state index contributed by atoms with van der Waals surface area (Å²) in [5, 5.41) is 0.504. The minimum atomic E-state index is -3.64. The molecule has 0 aliphatic rings. The Morgan fingerprint density at radius 2 is 1.88 bits per heavy atom. The highest BCUT2D eigenvalue weighted by Gasteiger charge is 2.25. The molecule has 17 heavy (non-hydrogen) atoms. The van der Waals surface area contributed by atoms with Crippen LogP contribution in [0, 0.1) is 0 Å². The summed E-state index contributed by atoms with van der Waals surface area (Å²) in [6.07, 6.45) is 0. The molecule has 1 rings (SSSR count). The van der Waals surface area contributed by atoms with Gasteiger partial charge in [0.2, 0.25) is 10.0 Å². The Balaban J connectivity index is 3.10. The lowest BCUT2D eigenvalue weighted by Crippen LogP contribution is -2.48. The lowest BCUT2D eigenvalue weighted by Gasteiger charge is -2.23. The molecule has 96 valence electrons. The number of nitrogens with one attached hydrogen (secondary N) is 1. The second kappa shape index (κ2) is 5.12. The van der Waals surface area contributed by atoms with Gasteiger partial charge in [-0.2, -0.15) is 0 Å². The smallest absolute Gasteiger partial charge is 0.241 e. The normalized spacial score (nSPS) is 12.8. The van der Waals surface area contributed by atoms with Crippen molar-refractivity contribution < 1.29 is 8.42 Å². The Kier molecular flexibility index (Phi) is 4.43. The van der Waals surface area contributed by atoms with Gasteiger partial charge in [0.1, 0.15) is 0 Å². The second-order valence-electron chi connectivity index (χ2n) is 4.27. The van der Waals surface area contributed by atoms with Crippen molar-refractivity contribution in [2.75, 3.05) is 6.54 Å². The van der Waals surface area contributed by atoms with Gasteiger partial charge in [-0.25, -0.2) is 13.1 Å². The fraction of sp³-hybridized carbons (Fsp3) is 0.400. The monoisotopic (exact) mass is 296 g/mol. The van der Waals surface area contributed by atoms with E-state index in [4.69, 9.17) is 28.9 Å². The third kappa shape index (κ3) is 3.82. The molecule has 0 saturated heterocycles. The minimum Gasteiger partial charge on any atom is -0.329 e. The average molecular weight is 297 g/mol. The van der Waals surface area contributed by atoms with Gasteiger partial charge < -0.3 is 5.73 Å². The summed E-state index contributed by atoms with van der Waals surface area (Å²) in [5.74, 6) is 0. The summed E-state index contributed by atoms with van der Waals surface area (Å²) in [6.45, 7) is 3.58. The molecule has 4 nitrogen and oxygen atoms in total. The van der Waals surface area contributed by atoms with Gasteiger partial charge in [-0.05, 0) is 32.0 Å². The van der Waals surface area contributed by atoms with Crippen LogP contribution in [0.1, 0.15) is 13.8 Å². The summed E-state index contributed by atoms with van der Waals surface area (Å²) in [4.78, 5) is 0.0634. The van der Waals surface area contributed by atoms with Crippen LogP contribution in [0.2, 0.25) is 10.0 Å². The molecule has 1 aromatic rings. The maximum atomic E-state index is 12.0. The first-order valence-corrected chi connectivity index (χ1v) is 7.11. The molecule has 0 amide bonds. The van der Waals surface area contributed by atoms with Crippen LogP contribution in [0.15, 0.2) is 23.1 Å². The third-order valence-corrected chi connectivity index (χ3v) is 4.56. The van der Waals surface area contributed by atoms with Gasteiger partial charge in [0.15, 0.2) is 0 Å². The molecule has 0 aliphatic heterocycles. The van der Waals surface area contributed by atoms with Crippen LogP contribution < -0.4 is 10.5 Å². The molecule has 0 spiro atoms. The quantitative estimate of drug-likeness (QED) is 0.893. The molecule has 0 bridgehead atoms. The first kappa shape index (κ1) is 14.7. The van der Waals surface area contributed by atoms with Gasteiger partial charge in [0.25, 0.3) is 0 Å². The molecule has 0 aliphatic carbocycles. The third-order valence-electron chi connectivity index (χ3n) is 2.12. The molecule has 0 fully saturated rings. The standard InChI is InChI=1S/C10H14Cl2N2O2S/c1-10(2,6-13)14-17(15,16)7-3-4-8(11)9(12)5-7/h3-5,14H,6,13H2,1-2H3. The zero-order chi connectivity index (χ0) is 13.3. The number of rotatable bonds is 4. The van der Waals surface area contributed by atoms with Crippen molar-refractivity contribution in [3.8, 4) is 0 Å². The Labute approximate surface area is 111 Å². The van der Waals surface area contributed by atoms with Crippen LogP contribution in [-0.2, 0) is 10.0 Å². The van der Waals surface area contributed by atoms with E-state index in [9.17, 15) is 8.42 Å². The Morgan fingerprint density at radius 1 is 1.29 bits per heavy atom. The summed E-state index contributed by atoms with van der Waals surface area (Å²) in [5.41, 5.74) is 4.75. The highest BCUT2D eigenvalue weighted by atomic mass is 35.5. The highest BCUT2D eigenvalue weighted by molar-refractivity contribution is 7.89. The van der Waals surface area contributed by atoms with E-state index in [0.717, 1.165) is 0 Å². The molecular formula is C10H14Cl2N2O2S. The molecule has 0 atom stereocenters. The van der Waals surface area contributed by atoms with Crippen LogP contribution in [-0.4, -0.2) is 20.5 Å². The second-order valence-corrected chi connectivity index (χ2v) is 6.77. The number of halogens is 2. The molecule has 0 unspecified atom stereocenters. The number of benzene rings is 1. The zero-order valence-corrected chi connectivity index (χ0v) is 11.8. The topological polar surface area (TPSA) is 72.2 Å². The Morgan fingerprint density at radius 3 is 2.35 bits per heavy atom. The van der Waals surface area contributed by atoms with Crippen molar-refractivity contribution in [3.05, 3.63) is 28.2 Å². The molecular weight excluding hydrogens is 283 g/mol.